The summed E-state index contributed by atoms with van der Waals surface area (Å²) in [5.41, 5.74) is 1.06. The largest absolute Gasteiger partial charge is 0.380 e. The van der Waals surface area contributed by atoms with Gasteiger partial charge in [0.1, 0.15) is 0 Å². The van der Waals surface area contributed by atoms with E-state index in [9.17, 15) is 4.79 Å². The number of hydrogen-bond acceptors (Lipinski definition) is 3. The minimum Gasteiger partial charge on any atom is -0.380 e. The minimum atomic E-state index is 0.0180. The average Bonchev–Trinajstić information content (AvgIpc) is 2.98. The molecule has 1 N–H and O–H groups in total. The number of rotatable bonds is 3. The van der Waals surface area contributed by atoms with Crippen LogP contribution in [0.5, 0.6) is 0 Å². The van der Waals surface area contributed by atoms with Gasteiger partial charge in [-0.1, -0.05) is 23.7 Å². The second kappa shape index (κ2) is 7.99. The molecule has 5 nitrogen and oxygen atoms in total. The first-order chi connectivity index (χ1) is 11.2. The van der Waals surface area contributed by atoms with E-state index >= 15 is 0 Å². The second-order valence-corrected chi connectivity index (χ2v) is 6.62. The Hall–Kier alpha value is -1.30. The average molecular weight is 338 g/mol. The first kappa shape index (κ1) is 16.6. The van der Waals surface area contributed by atoms with Crippen molar-refractivity contribution in [2.24, 2.45) is 0 Å². The molecule has 2 fully saturated rings. The van der Waals surface area contributed by atoms with Crippen LogP contribution in [0.15, 0.2) is 24.3 Å². The highest BCUT2D eigenvalue weighted by Gasteiger charge is 2.26. The van der Waals surface area contributed by atoms with E-state index in [-0.39, 0.29) is 6.03 Å². The van der Waals surface area contributed by atoms with Gasteiger partial charge in [0.05, 0.1) is 6.61 Å². The number of amides is 2. The highest BCUT2D eigenvalue weighted by atomic mass is 35.5. The van der Waals surface area contributed by atoms with E-state index in [0.29, 0.717) is 17.6 Å². The van der Waals surface area contributed by atoms with E-state index in [1.54, 1.807) is 0 Å². The number of urea groups is 1. The zero-order chi connectivity index (χ0) is 16.1. The van der Waals surface area contributed by atoms with Gasteiger partial charge in [-0.05, 0) is 30.5 Å². The zero-order valence-corrected chi connectivity index (χ0v) is 14.1. The summed E-state index contributed by atoms with van der Waals surface area (Å²) in [6.07, 6.45) is 2.13. The quantitative estimate of drug-likeness (QED) is 0.920. The Kier molecular flexibility index (Phi) is 5.75. The van der Waals surface area contributed by atoms with Crippen LogP contribution in [0.1, 0.15) is 18.4 Å². The predicted molar refractivity (Wildman–Crippen MR) is 90.7 cm³/mol. The van der Waals surface area contributed by atoms with E-state index in [2.05, 4.69) is 10.2 Å². The van der Waals surface area contributed by atoms with E-state index in [1.165, 1.54) is 0 Å². The summed E-state index contributed by atoms with van der Waals surface area (Å²) in [4.78, 5) is 16.8. The molecule has 2 aliphatic heterocycles. The Morgan fingerprint density at radius 2 is 2.04 bits per heavy atom. The SMILES string of the molecule is O=C(NCc1ccc(Cl)cc1)N1CCCN(C2CCOC2)CC1. The van der Waals surface area contributed by atoms with Gasteiger partial charge >= 0.3 is 6.03 Å². The molecule has 1 unspecified atom stereocenters. The summed E-state index contributed by atoms with van der Waals surface area (Å²) in [5, 5.41) is 3.71. The van der Waals surface area contributed by atoms with Crippen molar-refractivity contribution in [2.75, 3.05) is 39.4 Å². The third-order valence-corrected chi connectivity index (χ3v) is 4.85. The molecule has 0 saturated carbocycles. The molecule has 23 heavy (non-hydrogen) atoms. The number of benzene rings is 1. The zero-order valence-electron chi connectivity index (χ0n) is 13.3. The molecule has 126 valence electrons. The van der Waals surface area contributed by atoms with Crippen LogP contribution in [0.2, 0.25) is 5.02 Å². The van der Waals surface area contributed by atoms with Crippen LogP contribution in [0, 0.1) is 0 Å². The van der Waals surface area contributed by atoms with Gasteiger partial charge in [0, 0.05) is 50.4 Å². The first-order valence-electron chi connectivity index (χ1n) is 8.31. The number of carbonyl (C=O) groups excluding carboxylic acids is 1. The van der Waals surface area contributed by atoms with Gasteiger partial charge in [-0.2, -0.15) is 0 Å². The Morgan fingerprint density at radius 1 is 1.22 bits per heavy atom. The van der Waals surface area contributed by atoms with E-state index < -0.39 is 0 Å². The summed E-state index contributed by atoms with van der Waals surface area (Å²) >= 11 is 5.87. The number of ether oxygens (including phenoxy) is 1. The lowest BCUT2D eigenvalue weighted by Crippen LogP contribution is -2.43. The minimum absolute atomic E-state index is 0.0180. The second-order valence-electron chi connectivity index (χ2n) is 6.18. The normalized spacial score (nSPS) is 22.8. The summed E-state index contributed by atoms with van der Waals surface area (Å²) in [7, 11) is 0. The third-order valence-electron chi connectivity index (χ3n) is 4.60. The topological polar surface area (TPSA) is 44.8 Å². The maximum Gasteiger partial charge on any atom is 0.317 e. The van der Waals surface area contributed by atoms with E-state index in [1.807, 2.05) is 29.2 Å². The van der Waals surface area contributed by atoms with Crippen molar-refractivity contribution in [1.29, 1.82) is 0 Å². The lowest BCUT2D eigenvalue weighted by atomic mass is 10.2. The van der Waals surface area contributed by atoms with Crippen molar-refractivity contribution >= 4 is 17.6 Å². The molecule has 2 saturated heterocycles. The van der Waals surface area contributed by atoms with E-state index in [4.69, 9.17) is 16.3 Å². The van der Waals surface area contributed by atoms with Crippen molar-refractivity contribution < 1.29 is 9.53 Å². The highest BCUT2D eigenvalue weighted by molar-refractivity contribution is 6.30. The third kappa shape index (κ3) is 4.59. The van der Waals surface area contributed by atoms with Crippen LogP contribution in [0.3, 0.4) is 0 Å². The Bertz CT molecular complexity index is 517. The summed E-state index contributed by atoms with van der Waals surface area (Å²) in [5.74, 6) is 0. The Balaban J connectivity index is 1.46. The number of halogens is 1. The summed E-state index contributed by atoms with van der Waals surface area (Å²) in [6.45, 7) is 5.82. The molecule has 1 atom stereocenters. The number of carbonyl (C=O) groups is 1. The van der Waals surface area contributed by atoms with Crippen molar-refractivity contribution in [1.82, 2.24) is 15.1 Å². The van der Waals surface area contributed by atoms with Gasteiger partial charge < -0.3 is 15.0 Å². The predicted octanol–water partition coefficient (Wildman–Crippen LogP) is 2.35. The molecule has 1 aromatic carbocycles. The Morgan fingerprint density at radius 3 is 2.78 bits per heavy atom. The number of hydrogen-bond donors (Lipinski definition) is 1. The van der Waals surface area contributed by atoms with Gasteiger partial charge in [0.25, 0.3) is 0 Å². The lowest BCUT2D eigenvalue weighted by Gasteiger charge is -2.26. The molecule has 0 spiro atoms. The van der Waals surface area contributed by atoms with Crippen molar-refractivity contribution in [3.05, 3.63) is 34.9 Å². The molecule has 0 aliphatic carbocycles. The summed E-state index contributed by atoms with van der Waals surface area (Å²) < 4.78 is 5.48. The van der Waals surface area contributed by atoms with Gasteiger partial charge in [-0.15, -0.1) is 0 Å². The van der Waals surface area contributed by atoms with Gasteiger partial charge in [0.2, 0.25) is 0 Å². The molecule has 0 radical (unpaired) electrons. The van der Waals surface area contributed by atoms with Crippen molar-refractivity contribution in [3.8, 4) is 0 Å². The number of nitrogens with one attached hydrogen (secondary N) is 1. The van der Waals surface area contributed by atoms with Crippen LogP contribution in [0.25, 0.3) is 0 Å². The first-order valence-corrected chi connectivity index (χ1v) is 8.69. The molecule has 2 aliphatic rings. The van der Waals surface area contributed by atoms with Crippen LogP contribution in [-0.2, 0) is 11.3 Å². The molecule has 2 heterocycles. The smallest absolute Gasteiger partial charge is 0.317 e. The fourth-order valence-electron chi connectivity index (χ4n) is 3.21. The maximum absolute atomic E-state index is 12.4. The van der Waals surface area contributed by atoms with Crippen LogP contribution >= 0.6 is 11.6 Å². The maximum atomic E-state index is 12.4. The Labute approximate surface area is 142 Å². The molecular formula is C17H24ClN3O2. The fourth-order valence-corrected chi connectivity index (χ4v) is 3.33. The molecule has 1 aromatic rings. The van der Waals surface area contributed by atoms with Crippen molar-refractivity contribution in [2.45, 2.75) is 25.4 Å². The van der Waals surface area contributed by atoms with Gasteiger partial charge in [-0.25, -0.2) is 4.79 Å². The van der Waals surface area contributed by atoms with E-state index in [0.717, 1.165) is 57.8 Å². The van der Waals surface area contributed by atoms with Gasteiger partial charge in [-0.3, -0.25) is 4.90 Å². The summed E-state index contributed by atoms with van der Waals surface area (Å²) in [6, 6.07) is 8.11. The molecule has 0 bridgehead atoms. The highest BCUT2D eigenvalue weighted by Crippen LogP contribution is 2.15. The van der Waals surface area contributed by atoms with Gasteiger partial charge in [0.15, 0.2) is 0 Å². The van der Waals surface area contributed by atoms with Crippen LogP contribution < -0.4 is 5.32 Å². The van der Waals surface area contributed by atoms with Crippen molar-refractivity contribution in [3.63, 3.8) is 0 Å². The molecule has 0 aromatic heterocycles. The van der Waals surface area contributed by atoms with Crippen LogP contribution in [0.4, 0.5) is 4.79 Å². The fraction of sp³-hybridized carbons (Fsp3) is 0.588. The molecule has 3 rings (SSSR count). The number of nitrogens with zero attached hydrogens (tertiary/aromatic N) is 2. The van der Waals surface area contributed by atoms with Crippen LogP contribution in [-0.4, -0.2) is 61.3 Å². The lowest BCUT2D eigenvalue weighted by molar-refractivity contribution is 0.145. The molecule has 2 amide bonds. The molecule has 6 heteroatoms. The monoisotopic (exact) mass is 337 g/mol. The molecular weight excluding hydrogens is 314 g/mol. The standard InChI is InChI=1S/C17H24ClN3O2/c18-15-4-2-14(3-5-15)12-19-17(22)21-8-1-7-20(9-10-21)16-6-11-23-13-16/h2-5,16H,1,6-13H2,(H,19,22).